The van der Waals surface area contributed by atoms with E-state index < -0.39 is 0 Å². The molecule has 0 aromatic rings. The summed E-state index contributed by atoms with van der Waals surface area (Å²) in [5, 5.41) is 9.60. The topological polar surface area (TPSA) is 20.2 Å². The van der Waals surface area contributed by atoms with E-state index in [2.05, 4.69) is 6.08 Å². The van der Waals surface area contributed by atoms with Crippen LogP contribution in [0.3, 0.4) is 0 Å². The third-order valence-corrected chi connectivity index (χ3v) is 3.04. The van der Waals surface area contributed by atoms with Crippen molar-refractivity contribution < 1.29 is 5.11 Å². The van der Waals surface area contributed by atoms with Gasteiger partial charge >= 0.3 is 0 Å². The van der Waals surface area contributed by atoms with E-state index in [4.69, 9.17) is 0 Å². The van der Waals surface area contributed by atoms with E-state index in [0.717, 1.165) is 6.42 Å². The highest BCUT2D eigenvalue weighted by molar-refractivity contribution is 5.16. The molecule has 2 aliphatic carbocycles. The van der Waals surface area contributed by atoms with Crippen LogP contribution in [0, 0.1) is 5.92 Å². The lowest BCUT2D eigenvalue weighted by atomic mass is 9.95. The van der Waals surface area contributed by atoms with Crippen LogP contribution in [0.2, 0.25) is 0 Å². The van der Waals surface area contributed by atoms with E-state index >= 15 is 0 Å². The Morgan fingerprint density at radius 2 is 2.18 bits per heavy atom. The minimum atomic E-state index is -0.0388. The quantitative estimate of drug-likeness (QED) is 0.528. The molecular weight excluding hydrogens is 136 g/mol. The van der Waals surface area contributed by atoms with Gasteiger partial charge in [-0.1, -0.05) is 24.5 Å². The van der Waals surface area contributed by atoms with Crippen molar-refractivity contribution in [2.75, 3.05) is 0 Å². The number of rotatable bonds is 0. The van der Waals surface area contributed by atoms with E-state index in [1.54, 1.807) is 5.57 Å². The fraction of sp³-hybridized carbons (Fsp3) is 0.800. The Labute approximate surface area is 68.1 Å². The predicted molar refractivity (Wildman–Crippen MR) is 45.3 cm³/mol. The largest absolute Gasteiger partial charge is 0.392 e. The van der Waals surface area contributed by atoms with Crippen LogP contribution < -0.4 is 0 Å². The molecule has 0 amide bonds. The van der Waals surface area contributed by atoms with Crippen molar-refractivity contribution in [2.24, 2.45) is 5.92 Å². The number of aliphatic hydroxyl groups excluding tert-OH is 1. The molecule has 62 valence electrons. The molecule has 0 bridgehead atoms. The zero-order valence-corrected chi connectivity index (χ0v) is 6.92. The molecular formula is C10H16O. The molecule has 11 heavy (non-hydrogen) atoms. The molecule has 2 rings (SSSR count). The maximum atomic E-state index is 9.60. The van der Waals surface area contributed by atoms with Crippen molar-refractivity contribution in [1.29, 1.82) is 0 Å². The lowest BCUT2D eigenvalue weighted by Crippen LogP contribution is -2.15. The zero-order valence-electron chi connectivity index (χ0n) is 6.92. The summed E-state index contributed by atoms with van der Waals surface area (Å²) < 4.78 is 0. The van der Waals surface area contributed by atoms with Crippen LogP contribution in [0.15, 0.2) is 11.6 Å². The first kappa shape index (κ1) is 7.35. The Kier molecular flexibility index (Phi) is 1.99. The average molecular weight is 152 g/mol. The first-order valence-corrected chi connectivity index (χ1v) is 4.75. The Morgan fingerprint density at radius 3 is 3.09 bits per heavy atom. The fourth-order valence-corrected chi connectivity index (χ4v) is 2.37. The van der Waals surface area contributed by atoms with Crippen LogP contribution in [0.25, 0.3) is 0 Å². The summed E-state index contributed by atoms with van der Waals surface area (Å²) in [4.78, 5) is 0. The predicted octanol–water partition coefficient (Wildman–Crippen LogP) is 2.26. The van der Waals surface area contributed by atoms with Gasteiger partial charge in [0.05, 0.1) is 6.10 Å². The van der Waals surface area contributed by atoms with Gasteiger partial charge in [0.1, 0.15) is 0 Å². The highest BCUT2D eigenvalue weighted by Crippen LogP contribution is 2.36. The third-order valence-electron chi connectivity index (χ3n) is 3.04. The highest BCUT2D eigenvalue weighted by atomic mass is 16.3. The molecule has 1 fully saturated rings. The molecule has 2 atom stereocenters. The Hall–Kier alpha value is -0.300. The van der Waals surface area contributed by atoms with Crippen LogP contribution in [-0.4, -0.2) is 11.2 Å². The molecule has 0 aliphatic heterocycles. The summed E-state index contributed by atoms with van der Waals surface area (Å²) in [7, 11) is 0. The molecule has 2 unspecified atom stereocenters. The van der Waals surface area contributed by atoms with Crippen LogP contribution >= 0.6 is 0 Å². The smallest absolute Gasteiger partial charge is 0.0639 e. The summed E-state index contributed by atoms with van der Waals surface area (Å²) in [5.74, 6) is 0.539. The monoisotopic (exact) mass is 152 g/mol. The first-order chi connectivity index (χ1) is 5.38. The van der Waals surface area contributed by atoms with E-state index in [0.29, 0.717) is 5.92 Å². The molecule has 0 spiro atoms. The molecule has 0 aromatic heterocycles. The second-order valence-corrected chi connectivity index (χ2v) is 3.79. The van der Waals surface area contributed by atoms with Gasteiger partial charge in [-0.15, -0.1) is 0 Å². The van der Waals surface area contributed by atoms with Crippen molar-refractivity contribution >= 4 is 0 Å². The third kappa shape index (κ3) is 1.34. The lowest BCUT2D eigenvalue weighted by Gasteiger charge is -2.15. The molecule has 0 heterocycles. The molecule has 1 N–H and O–H groups in total. The summed E-state index contributed by atoms with van der Waals surface area (Å²) in [6.45, 7) is 0. The summed E-state index contributed by atoms with van der Waals surface area (Å²) in [6.07, 6.45) is 9.65. The van der Waals surface area contributed by atoms with E-state index in [1.807, 2.05) is 0 Å². The van der Waals surface area contributed by atoms with Gasteiger partial charge in [-0.3, -0.25) is 0 Å². The molecule has 1 saturated carbocycles. The number of fused-ring (bicyclic) bond motifs is 1. The second-order valence-electron chi connectivity index (χ2n) is 3.79. The first-order valence-electron chi connectivity index (χ1n) is 4.75. The van der Waals surface area contributed by atoms with Gasteiger partial charge in [-0.05, 0) is 25.7 Å². The van der Waals surface area contributed by atoms with Gasteiger partial charge in [0.15, 0.2) is 0 Å². The molecule has 1 nitrogen and oxygen atoms in total. The Bertz CT molecular complexity index is 172. The number of aliphatic hydroxyl groups is 1. The highest BCUT2D eigenvalue weighted by Gasteiger charge is 2.28. The average Bonchev–Trinajstić information content (AvgIpc) is 2.25. The van der Waals surface area contributed by atoms with Gasteiger partial charge < -0.3 is 5.11 Å². The number of hydrogen-bond donors (Lipinski definition) is 1. The summed E-state index contributed by atoms with van der Waals surface area (Å²) >= 11 is 0. The van der Waals surface area contributed by atoms with Crippen molar-refractivity contribution in [3.8, 4) is 0 Å². The standard InChI is InChI=1S/C10H16O/c11-10-7-6-8-4-2-1-3-5-9(8)10/h6,9-11H,1-5,7H2. The normalized spacial score (nSPS) is 37.7. The maximum absolute atomic E-state index is 9.60. The minimum Gasteiger partial charge on any atom is -0.392 e. The van der Waals surface area contributed by atoms with E-state index in [9.17, 15) is 5.11 Å². The van der Waals surface area contributed by atoms with Crippen molar-refractivity contribution in [1.82, 2.24) is 0 Å². The van der Waals surface area contributed by atoms with E-state index in [-0.39, 0.29) is 6.10 Å². The lowest BCUT2D eigenvalue weighted by molar-refractivity contribution is 0.134. The summed E-state index contributed by atoms with van der Waals surface area (Å²) in [6, 6.07) is 0. The molecule has 1 heteroatoms. The van der Waals surface area contributed by atoms with Gasteiger partial charge in [0.25, 0.3) is 0 Å². The van der Waals surface area contributed by atoms with Gasteiger partial charge in [-0.2, -0.15) is 0 Å². The van der Waals surface area contributed by atoms with Crippen molar-refractivity contribution in [2.45, 2.75) is 44.6 Å². The van der Waals surface area contributed by atoms with Crippen molar-refractivity contribution in [3.63, 3.8) is 0 Å². The molecule has 2 aliphatic rings. The van der Waals surface area contributed by atoms with E-state index in [1.165, 1.54) is 32.1 Å². The van der Waals surface area contributed by atoms with Crippen LogP contribution in [0.5, 0.6) is 0 Å². The SMILES string of the molecule is OC1CC=C2CCCCCC21. The minimum absolute atomic E-state index is 0.0388. The van der Waals surface area contributed by atoms with Crippen LogP contribution in [-0.2, 0) is 0 Å². The Morgan fingerprint density at radius 1 is 1.27 bits per heavy atom. The second kappa shape index (κ2) is 2.98. The number of hydrogen-bond acceptors (Lipinski definition) is 1. The molecule has 0 saturated heterocycles. The van der Waals surface area contributed by atoms with Crippen molar-refractivity contribution in [3.05, 3.63) is 11.6 Å². The van der Waals surface area contributed by atoms with Gasteiger partial charge in [-0.25, -0.2) is 0 Å². The molecule has 0 aromatic carbocycles. The zero-order chi connectivity index (χ0) is 7.68. The fourth-order valence-electron chi connectivity index (χ4n) is 2.37. The van der Waals surface area contributed by atoms with Crippen LogP contribution in [0.4, 0.5) is 0 Å². The summed E-state index contributed by atoms with van der Waals surface area (Å²) in [5.41, 5.74) is 1.55. The van der Waals surface area contributed by atoms with Crippen LogP contribution in [0.1, 0.15) is 38.5 Å². The van der Waals surface area contributed by atoms with Gasteiger partial charge in [0.2, 0.25) is 0 Å². The van der Waals surface area contributed by atoms with Gasteiger partial charge in [0, 0.05) is 5.92 Å². The maximum Gasteiger partial charge on any atom is 0.0639 e. The molecule has 0 radical (unpaired) electrons. The Balaban J connectivity index is 2.09.